The highest BCUT2D eigenvalue weighted by atomic mass is 16.6. The van der Waals surface area contributed by atoms with E-state index in [-0.39, 0.29) is 0 Å². The number of hydrogen-bond donors (Lipinski definition) is 0. The molecule has 3 heteroatoms. The summed E-state index contributed by atoms with van der Waals surface area (Å²) < 4.78 is 4.97. The van der Waals surface area contributed by atoms with Gasteiger partial charge in [0.25, 0.3) is 0 Å². The highest BCUT2D eigenvalue weighted by Crippen LogP contribution is 2.16. The maximum absolute atomic E-state index is 12.2. The molecule has 0 unspecified atom stereocenters. The molecular weight excluding hydrogens is 264 g/mol. The van der Waals surface area contributed by atoms with E-state index in [1.165, 1.54) is 0 Å². The van der Waals surface area contributed by atoms with E-state index in [9.17, 15) is 9.59 Å². The maximum atomic E-state index is 12.2. The first-order valence-electron chi connectivity index (χ1n) is 6.97. The lowest BCUT2D eigenvalue weighted by Crippen LogP contribution is -2.15. The van der Waals surface area contributed by atoms with Crippen molar-refractivity contribution in [3.63, 3.8) is 0 Å². The highest BCUT2D eigenvalue weighted by molar-refractivity contribution is 6.03. The summed E-state index contributed by atoms with van der Waals surface area (Å²) in [5.74, 6) is -0.802. The molecule has 0 atom stereocenters. The molecule has 2 aromatic carbocycles. The zero-order valence-corrected chi connectivity index (χ0v) is 12.2. The van der Waals surface area contributed by atoms with Gasteiger partial charge in [-0.15, -0.1) is 0 Å². The Morgan fingerprint density at radius 1 is 0.905 bits per heavy atom. The fraction of sp³-hybridized carbons (Fsp3) is 0.222. The lowest BCUT2D eigenvalue weighted by molar-refractivity contribution is 0.0397. The Kier molecular flexibility index (Phi) is 4.88. The van der Waals surface area contributed by atoms with E-state index in [1.54, 1.807) is 42.5 Å². The van der Waals surface area contributed by atoms with Crippen LogP contribution in [0.5, 0.6) is 0 Å². The van der Waals surface area contributed by atoms with Crippen LogP contribution in [0.25, 0.3) is 0 Å². The molecule has 0 aliphatic heterocycles. The number of esters is 2. The van der Waals surface area contributed by atoms with Gasteiger partial charge in [0.05, 0.1) is 11.1 Å². The summed E-state index contributed by atoms with van der Waals surface area (Å²) in [5, 5.41) is 0. The predicted molar refractivity (Wildman–Crippen MR) is 81.2 cm³/mol. The second-order valence-electron chi connectivity index (χ2n) is 5.30. The molecular formula is C18H18O3. The van der Waals surface area contributed by atoms with E-state index in [1.807, 2.05) is 12.1 Å². The minimum atomic E-state index is -0.625. The van der Waals surface area contributed by atoms with Gasteiger partial charge in [0.1, 0.15) is 0 Å². The van der Waals surface area contributed by atoms with Crippen LogP contribution in [-0.4, -0.2) is 11.9 Å². The van der Waals surface area contributed by atoms with Crippen molar-refractivity contribution in [3.05, 3.63) is 71.3 Å². The predicted octanol–water partition coefficient (Wildman–Crippen LogP) is 3.88. The van der Waals surface area contributed by atoms with Crippen LogP contribution in [0.15, 0.2) is 54.6 Å². The van der Waals surface area contributed by atoms with Gasteiger partial charge in [-0.3, -0.25) is 0 Å². The van der Waals surface area contributed by atoms with Crippen LogP contribution in [0.1, 0.15) is 40.1 Å². The van der Waals surface area contributed by atoms with Crippen molar-refractivity contribution in [1.82, 2.24) is 0 Å². The summed E-state index contributed by atoms with van der Waals surface area (Å²) in [6.07, 6.45) is 0.769. The largest absolute Gasteiger partial charge is 0.386 e. The van der Waals surface area contributed by atoms with E-state index in [4.69, 9.17) is 4.74 Å². The number of ether oxygens (including phenoxy) is 1. The molecule has 0 aliphatic rings. The van der Waals surface area contributed by atoms with Gasteiger partial charge in [0.15, 0.2) is 0 Å². The Labute approximate surface area is 124 Å². The van der Waals surface area contributed by atoms with Crippen molar-refractivity contribution < 1.29 is 14.3 Å². The van der Waals surface area contributed by atoms with E-state index < -0.39 is 11.9 Å². The normalized spacial score (nSPS) is 10.4. The van der Waals surface area contributed by atoms with Crippen molar-refractivity contribution >= 4 is 11.9 Å². The number of benzene rings is 2. The zero-order valence-electron chi connectivity index (χ0n) is 12.2. The van der Waals surface area contributed by atoms with Gasteiger partial charge in [-0.2, -0.15) is 0 Å². The zero-order chi connectivity index (χ0) is 15.2. The molecule has 0 saturated heterocycles. The van der Waals surface area contributed by atoms with Crippen LogP contribution in [0.4, 0.5) is 0 Å². The molecule has 2 rings (SSSR count). The van der Waals surface area contributed by atoms with Crippen molar-refractivity contribution in [2.75, 3.05) is 0 Å². The van der Waals surface area contributed by atoms with E-state index in [0.717, 1.165) is 12.0 Å². The minimum Gasteiger partial charge on any atom is -0.386 e. The van der Waals surface area contributed by atoms with Crippen LogP contribution in [0, 0.1) is 5.92 Å². The Morgan fingerprint density at radius 2 is 1.52 bits per heavy atom. The molecule has 108 valence electrons. The Balaban J connectivity index is 2.16. The summed E-state index contributed by atoms with van der Waals surface area (Å²) in [7, 11) is 0. The lowest BCUT2D eigenvalue weighted by Gasteiger charge is -2.10. The number of carbonyl (C=O) groups is 2. The first-order valence-corrected chi connectivity index (χ1v) is 6.97. The van der Waals surface area contributed by atoms with Crippen molar-refractivity contribution in [3.8, 4) is 0 Å². The van der Waals surface area contributed by atoms with Crippen molar-refractivity contribution in [2.24, 2.45) is 5.92 Å². The Morgan fingerprint density at radius 3 is 2.19 bits per heavy atom. The molecule has 0 spiro atoms. The van der Waals surface area contributed by atoms with Crippen molar-refractivity contribution in [1.29, 1.82) is 0 Å². The first-order chi connectivity index (χ1) is 10.1. The van der Waals surface area contributed by atoms with Gasteiger partial charge in [-0.05, 0) is 36.1 Å². The quantitative estimate of drug-likeness (QED) is 0.631. The van der Waals surface area contributed by atoms with Gasteiger partial charge >= 0.3 is 11.9 Å². The molecule has 0 aliphatic carbocycles. The number of rotatable bonds is 4. The Bertz CT molecular complexity index is 630. The monoisotopic (exact) mass is 282 g/mol. The third-order valence-corrected chi connectivity index (χ3v) is 3.06. The fourth-order valence-electron chi connectivity index (χ4n) is 2.11. The Hall–Kier alpha value is -2.42. The summed E-state index contributed by atoms with van der Waals surface area (Å²) in [4.78, 5) is 24.1. The topological polar surface area (TPSA) is 43.4 Å². The molecule has 0 amide bonds. The van der Waals surface area contributed by atoms with Crippen LogP contribution in [-0.2, 0) is 11.2 Å². The second-order valence-corrected chi connectivity index (χ2v) is 5.30. The highest BCUT2D eigenvalue weighted by Gasteiger charge is 2.17. The molecule has 0 saturated carbocycles. The smallest absolute Gasteiger partial charge is 0.346 e. The van der Waals surface area contributed by atoms with Gasteiger partial charge in [-0.25, -0.2) is 9.59 Å². The molecule has 3 nitrogen and oxygen atoms in total. The summed E-state index contributed by atoms with van der Waals surface area (Å²) in [5.41, 5.74) is 1.72. The fourth-order valence-corrected chi connectivity index (χ4v) is 2.11. The molecule has 2 aromatic rings. The summed E-state index contributed by atoms with van der Waals surface area (Å²) >= 11 is 0. The van der Waals surface area contributed by atoms with E-state index >= 15 is 0 Å². The van der Waals surface area contributed by atoms with Gasteiger partial charge in [0.2, 0.25) is 0 Å². The van der Waals surface area contributed by atoms with Crippen LogP contribution in [0.2, 0.25) is 0 Å². The first kappa shape index (κ1) is 15.0. The number of hydrogen-bond acceptors (Lipinski definition) is 3. The van der Waals surface area contributed by atoms with E-state index in [0.29, 0.717) is 17.0 Å². The minimum absolute atomic E-state index is 0.368. The van der Waals surface area contributed by atoms with Gasteiger partial charge < -0.3 is 4.74 Å². The molecule has 21 heavy (non-hydrogen) atoms. The molecule has 0 aromatic heterocycles. The van der Waals surface area contributed by atoms with Crippen LogP contribution in [0.3, 0.4) is 0 Å². The average Bonchev–Trinajstić information content (AvgIpc) is 2.48. The van der Waals surface area contributed by atoms with Gasteiger partial charge in [-0.1, -0.05) is 50.2 Å². The van der Waals surface area contributed by atoms with Crippen molar-refractivity contribution in [2.45, 2.75) is 20.3 Å². The third-order valence-electron chi connectivity index (χ3n) is 3.06. The van der Waals surface area contributed by atoms with Gasteiger partial charge in [0, 0.05) is 0 Å². The molecule has 0 N–H and O–H groups in total. The molecule has 0 radical (unpaired) electrons. The van der Waals surface area contributed by atoms with E-state index in [2.05, 4.69) is 13.8 Å². The SMILES string of the molecule is CC(C)Cc1ccccc1C(=O)OC(=O)c1ccccc1. The van der Waals surface area contributed by atoms with Crippen LogP contribution < -0.4 is 0 Å². The summed E-state index contributed by atoms with van der Waals surface area (Å²) in [6, 6.07) is 15.7. The molecule has 0 heterocycles. The van der Waals surface area contributed by atoms with Crippen LogP contribution >= 0.6 is 0 Å². The maximum Gasteiger partial charge on any atom is 0.346 e. The second kappa shape index (κ2) is 6.84. The summed E-state index contributed by atoms with van der Waals surface area (Å²) in [6.45, 7) is 4.16. The third kappa shape index (κ3) is 4.02. The number of carbonyl (C=O) groups excluding carboxylic acids is 2. The molecule has 0 fully saturated rings. The lowest BCUT2D eigenvalue weighted by atomic mass is 9.98. The average molecular weight is 282 g/mol. The standard InChI is InChI=1S/C18H18O3/c1-13(2)12-15-10-6-7-11-16(15)18(20)21-17(19)14-8-4-3-5-9-14/h3-11,13H,12H2,1-2H3. The molecule has 0 bridgehead atoms.